The zero-order valence-corrected chi connectivity index (χ0v) is 9.88. The van der Waals surface area contributed by atoms with E-state index in [1.807, 2.05) is 0 Å². The molecule has 0 spiro atoms. The SMILES string of the molecule is CCC(C)CC(C)NCC1CCCO1. The lowest BCUT2D eigenvalue weighted by molar-refractivity contribution is 0.107. The minimum atomic E-state index is 0.481. The molecule has 1 fully saturated rings. The first-order chi connectivity index (χ1) is 6.72. The number of rotatable bonds is 6. The molecule has 0 aromatic heterocycles. The van der Waals surface area contributed by atoms with Crippen molar-refractivity contribution in [1.82, 2.24) is 5.32 Å². The summed E-state index contributed by atoms with van der Waals surface area (Å²) >= 11 is 0. The van der Waals surface area contributed by atoms with E-state index in [1.165, 1.54) is 25.7 Å². The van der Waals surface area contributed by atoms with E-state index < -0.39 is 0 Å². The Bertz CT molecular complexity index is 143. The topological polar surface area (TPSA) is 21.3 Å². The molecule has 1 aliphatic heterocycles. The average molecular weight is 199 g/mol. The highest BCUT2D eigenvalue weighted by molar-refractivity contribution is 4.71. The molecule has 0 radical (unpaired) electrons. The Morgan fingerprint density at radius 2 is 2.21 bits per heavy atom. The maximum absolute atomic E-state index is 5.57. The molecule has 1 aliphatic rings. The highest BCUT2D eigenvalue weighted by atomic mass is 16.5. The average Bonchev–Trinajstić information content (AvgIpc) is 2.67. The normalized spacial score (nSPS) is 26.4. The van der Waals surface area contributed by atoms with E-state index in [9.17, 15) is 0 Å². The monoisotopic (exact) mass is 199 g/mol. The minimum Gasteiger partial charge on any atom is -0.377 e. The van der Waals surface area contributed by atoms with Crippen molar-refractivity contribution < 1.29 is 4.74 Å². The van der Waals surface area contributed by atoms with Crippen LogP contribution in [0.5, 0.6) is 0 Å². The molecule has 14 heavy (non-hydrogen) atoms. The van der Waals surface area contributed by atoms with Gasteiger partial charge in [0, 0.05) is 19.2 Å². The first-order valence-corrected chi connectivity index (χ1v) is 6.07. The van der Waals surface area contributed by atoms with Gasteiger partial charge in [0.1, 0.15) is 0 Å². The van der Waals surface area contributed by atoms with Gasteiger partial charge in [-0.1, -0.05) is 20.3 Å². The van der Waals surface area contributed by atoms with Gasteiger partial charge in [0.15, 0.2) is 0 Å². The lowest BCUT2D eigenvalue weighted by Crippen LogP contribution is -2.34. The Hall–Kier alpha value is -0.0800. The van der Waals surface area contributed by atoms with Gasteiger partial charge in [-0.3, -0.25) is 0 Å². The Morgan fingerprint density at radius 3 is 2.79 bits per heavy atom. The smallest absolute Gasteiger partial charge is 0.0700 e. The standard InChI is InChI=1S/C12H25NO/c1-4-10(2)8-11(3)13-9-12-6-5-7-14-12/h10-13H,4-9H2,1-3H3. The zero-order chi connectivity index (χ0) is 10.4. The fourth-order valence-corrected chi connectivity index (χ4v) is 1.99. The van der Waals surface area contributed by atoms with Crippen molar-refractivity contribution in [1.29, 1.82) is 0 Å². The fraction of sp³-hybridized carbons (Fsp3) is 1.00. The summed E-state index contributed by atoms with van der Waals surface area (Å²) in [5, 5.41) is 3.56. The molecule has 84 valence electrons. The van der Waals surface area contributed by atoms with Gasteiger partial charge in [0.05, 0.1) is 6.10 Å². The van der Waals surface area contributed by atoms with Crippen LogP contribution in [0.25, 0.3) is 0 Å². The van der Waals surface area contributed by atoms with E-state index in [0.717, 1.165) is 19.1 Å². The molecule has 2 heteroatoms. The summed E-state index contributed by atoms with van der Waals surface area (Å²) in [6.45, 7) is 8.87. The van der Waals surface area contributed by atoms with Gasteiger partial charge in [-0.2, -0.15) is 0 Å². The van der Waals surface area contributed by atoms with Gasteiger partial charge in [-0.25, -0.2) is 0 Å². The van der Waals surface area contributed by atoms with Crippen LogP contribution in [0.1, 0.15) is 46.5 Å². The predicted octanol–water partition coefficient (Wildman–Crippen LogP) is 2.58. The van der Waals surface area contributed by atoms with Gasteiger partial charge in [-0.15, -0.1) is 0 Å². The molecule has 1 rings (SSSR count). The van der Waals surface area contributed by atoms with Gasteiger partial charge < -0.3 is 10.1 Å². The third-order valence-electron chi connectivity index (χ3n) is 3.17. The van der Waals surface area contributed by atoms with Gasteiger partial charge >= 0.3 is 0 Å². The van der Waals surface area contributed by atoms with Crippen LogP contribution in [0.3, 0.4) is 0 Å². The summed E-state index contributed by atoms with van der Waals surface area (Å²) in [7, 11) is 0. The van der Waals surface area contributed by atoms with Crippen LogP contribution in [-0.2, 0) is 4.74 Å². The molecule has 1 heterocycles. The number of ether oxygens (including phenoxy) is 1. The van der Waals surface area contributed by atoms with E-state index in [2.05, 4.69) is 26.1 Å². The number of hydrogen-bond donors (Lipinski definition) is 1. The second-order valence-electron chi connectivity index (χ2n) is 4.69. The first kappa shape index (κ1) is 12.0. The van der Waals surface area contributed by atoms with Crippen LogP contribution in [0.15, 0.2) is 0 Å². The molecular formula is C12H25NO. The third-order valence-corrected chi connectivity index (χ3v) is 3.17. The predicted molar refractivity (Wildman–Crippen MR) is 60.5 cm³/mol. The second kappa shape index (κ2) is 6.41. The quantitative estimate of drug-likeness (QED) is 0.710. The maximum atomic E-state index is 5.57. The van der Waals surface area contributed by atoms with Gasteiger partial charge in [0.2, 0.25) is 0 Å². The van der Waals surface area contributed by atoms with Crippen molar-refractivity contribution >= 4 is 0 Å². The van der Waals surface area contributed by atoms with Crippen LogP contribution in [0.4, 0.5) is 0 Å². The molecule has 0 aromatic rings. The van der Waals surface area contributed by atoms with Crippen LogP contribution >= 0.6 is 0 Å². The van der Waals surface area contributed by atoms with E-state index in [0.29, 0.717) is 12.1 Å². The summed E-state index contributed by atoms with van der Waals surface area (Å²) in [6.07, 6.45) is 5.53. The van der Waals surface area contributed by atoms with Crippen LogP contribution < -0.4 is 5.32 Å². The lowest BCUT2D eigenvalue weighted by Gasteiger charge is -2.19. The summed E-state index contributed by atoms with van der Waals surface area (Å²) in [5.41, 5.74) is 0. The zero-order valence-electron chi connectivity index (χ0n) is 9.88. The number of nitrogens with one attached hydrogen (secondary N) is 1. The third kappa shape index (κ3) is 4.43. The molecule has 0 aliphatic carbocycles. The van der Waals surface area contributed by atoms with Gasteiger partial charge in [0.25, 0.3) is 0 Å². The molecule has 0 amide bonds. The van der Waals surface area contributed by atoms with Crippen molar-refractivity contribution in [2.75, 3.05) is 13.2 Å². The van der Waals surface area contributed by atoms with E-state index in [1.54, 1.807) is 0 Å². The summed E-state index contributed by atoms with van der Waals surface area (Å²) in [4.78, 5) is 0. The molecule has 3 unspecified atom stereocenters. The second-order valence-corrected chi connectivity index (χ2v) is 4.69. The molecule has 0 bridgehead atoms. The largest absolute Gasteiger partial charge is 0.377 e. The maximum Gasteiger partial charge on any atom is 0.0700 e. The lowest BCUT2D eigenvalue weighted by atomic mass is 10.0. The highest BCUT2D eigenvalue weighted by Gasteiger charge is 2.16. The van der Waals surface area contributed by atoms with Gasteiger partial charge in [-0.05, 0) is 32.1 Å². The van der Waals surface area contributed by atoms with Crippen molar-refractivity contribution in [3.05, 3.63) is 0 Å². The number of hydrogen-bond acceptors (Lipinski definition) is 2. The molecule has 1 N–H and O–H groups in total. The van der Waals surface area contributed by atoms with E-state index >= 15 is 0 Å². The molecule has 2 nitrogen and oxygen atoms in total. The fourth-order valence-electron chi connectivity index (χ4n) is 1.99. The Morgan fingerprint density at radius 1 is 1.43 bits per heavy atom. The minimum absolute atomic E-state index is 0.481. The Kier molecular flexibility index (Phi) is 5.49. The Balaban J connectivity index is 2.04. The van der Waals surface area contributed by atoms with Crippen LogP contribution in [-0.4, -0.2) is 25.3 Å². The molecule has 3 atom stereocenters. The van der Waals surface area contributed by atoms with E-state index in [-0.39, 0.29) is 0 Å². The molecular weight excluding hydrogens is 174 g/mol. The van der Waals surface area contributed by atoms with Crippen molar-refractivity contribution in [2.24, 2.45) is 5.92 Å². The summed E-state index contributed by atoms with van der Waals surface area (Å²) < 4.78 is 5.57. The van der Waals surface area contributed by atoms with E-state index in [4.69, 9.17) is 4.74 Å². The van der Waals surface area contributed by atoms with Crippen LogP contribution in [0, 0.1) is 5.92 Å². The molecule has 1 saturated heterocycles. The van der Waals surface area contributed by atoms with Crippen molar-refractivity contribution in [3.63, 3.8) is 0 Å². The molecule has 0 saturated carbocycles. The Labute approximate surface area is 88.4 Å². The highest BCUT2D eigenvalue weighted by Crippen LogP contribution is 2.12. The first-order valence-electron chi connectivity index (χ1n) is 6.07. The summed E-state index contributed by atoms with van der Waals surface area (Å²) in [6, 6.07) is 0.633. The van der Waals surface area contributed by atoms with Crippen molar-refractivity contribution in [2.45, 2.75) is 58.6 Å². The van der Waals surface area contributed by atoms with Crippen molar-refractivity contribution in [3.8, 4) is 0 Å². The summed E-state index contributed by atoms with van der Waals surface area (Å²) in [5.74, 6) is 0.835. The van der Waals surface area contributed by atoms with Crippen LogP contribution in [0.2, 0.25) is 0 Å². The molecule has 0 aromatic carbocycles.